The van der Waals surface area contributed by atoms with Gasteiger partial charge in [-0.3, -0.25) is 0 Å². The molecule has 2 heteroatoms. The number of ether oxygens (including phenoxy) is 2. The Balaban J connectivity index is 3.58. The third kappa shape index (κ3) is 8.99. The van der Waals surface area contributed by atoms with Crippen LogP contribution in [0.15, 0.2) is 23.7 Å². The van der Waals surface area contributed by atoms with Crippen LogP contribution >= 0.6 is 0 Å². The van der Waals surface area contributed by atoms with Crippen molar-refractivity contribution < 1.29 is 9.47 Å². The molecular formula is C11H20O2. The Bertz CT molecular complexity index is 184. The third-order valence-corrected chi connectivity index (χ3v) is 1.19. The lowest BCUT2D eigenvalue weighted by molar-refractivity contribution is 0.0797. The highest BCUT2D eigenvalue weighted by atomic mass is 16.5. The van der Waals surface area contributed by atoms with E-state index in [1.165, 1.54) is 0 Å². The summed E-state index contributed by atoms with van der Waals surface area (Å²) in [7, 11) is 0. The van der Waals surface area contributed by atoms with Crippen LogP contribution in [0, 0.1) is 0 Å². The summed E-state index contributed by atoms with van der Waals surface area (Å²) in [5.41, 5.74) is 2.32. The maximum Gasteiger partial charge on any atom is 0.129 e. The van der Waals surface area contributed by atoms with Crippen LogP contribution in [0.4, 0.5) is 0 Å². The normalized spacial score (nSPS) is 11.5. The van der Waals surface area contributed by atoms with Crippen molar-refractivity contribution >= 4 is 0 Å². The van der Waals surface area contributed by atoms with E-state index in [2.05, 4.69) is 0 Å². The van der Waals surface area contributed by atoms with E-state index in [-0.39, 0.29) is 6.10 Å². The van der Waals surface area contributed by atoms with Crippen molar-refractivity contribution in [1.82, 2.24) is 0 Å². The van der Waals surface area contributed by atoms with Crippen LogP contribution in [-0.4, -0.2) is 12.7 Å². The first-order valence-electron chi connectivity index (χ1n) is 4.56. The zero-order chi connectivity index (χ0) is 10.3. The molecule has 13 heavy (non-hydrogen) atoms. The standard InChI is InChI=1S/C11H20O2/c1-9(2)6-12-8-11(5)13-7-10(3)4/h6-7,11H,8H2,1-5H3. The van der Waals surface area contributed by atoms with Crippen molar-refractivity contribution in [3.63, 3.8) is 0 Å². The zero-order valence-corrected chi connectivity index (χ0v) is 9.26. The topological polar surface area (TPSA) is 18.5 Å². The van der Waals surface area contributed by atoms with E-state index in [1.807, 2.05) is 34.6 Å². The summed E-state index contributed by atoms with van der Waals surface area (Å²) in [5.74, 6) is 0. The molecule has 0 spiro atoms. The summed E-state index contributed by atoms with van der Waals surface area (Å²) in [6.07, 6.45) is 3.62. The van der Waals surface area contributed by atoms with Gasteiger partial charge in [0.05, 0.1) is 12.5 Å². The molecule has 1 atom stereocenters. The van der Waals surface area contributed by atoms with Gasteiger partial charge in [-0.2, -0.15) is 0 Å². The van der Waals surface area contributed by atoms with Crippen LogP contribution in [0.2, 0.25) is 0 Å². The third-order valence-electron chi connectivity index (χ3n) is 1.19. The fourth-order valence-electron chi connectivity index (χ4n) is 0.642. The number of allylic oxidation sites excluding steroid dienone is 2. The van der Waals surface area contributed by atoms with Crippen LogP contribution < -0.4 is 0 Å². The molecule has 0 heterocycles. The van der Waals surface area contributed by atoms with E-state index in [0.717, 1.165) is 11.1 Å². The Labute approximate surface area is 81.2 Å². The van der Waals surface area contributed by atoms with E-state index in [0.29, 0.717) is 6.61 Å². The molecule has 0 rings (SSSR count). The van der Waals surface area contributed by atoms with Crippen molar-refractivity contribution in [1.29, 1.82) is 0 Å². The van der Waals surface area contributed by atoms with Crippen molar-refractivity contribution in [3.8, 4) is 0 Å². The molecule has 0 saturated heterocycles. The number of rotatable bonds is 5. The molecule has 0 radical (unpaired) electrons. The minimum absolute atomic E-state index is 0.102. The molecule has 0 saturated carbocycles. The molecule has 0 aromatic rings. The highest BCUT2D eigenvalue weighted by Crippen LogP contribution is 1.98. The Kier molecular flexibility index (Phi) is 6.11. The van der Waals surface area contributed by atoms with E-state index >= 15 is 0 Å². The average molecular weight is 184 g/mol. The molecule has 0 aliphatic rings. The molecule has 0 aliphatic carbocycles. The molecule has 0 aromatic carbocycles. The zero-order valence-electron chi connectivity index (χ0n) is 9.26. The summed E-state index contributed by atoms with van der Waals surface area (Å²) in [6, 6.07) is 0. The molecule has 0 bridgehead atoms. The van der Waals surface area contributed by atoms with Gasteiger partial charge in [-0.1, -0.05) is 0 Å². The van der Waals surface area contributed by atoms with Crippen molar-refractivity contribution in [2.24, 2.45) is 0 Å². The largest absolute Gasteiger partial charge is 0.497 e. The van der Waals surface area contributed by atoms with Gasteiger partial charge in [0.1, 0.15) is 12.7 Å². The lowest BCUT2D eigenvalue weighted by Gasteiger charge is -2.11. The molecule has 2 nitrogen and oxygen atoms in total. The second-order valence-electron chi connectivity index (χ2n) is 3.67. The second-order valence-corrected chi connectivity index (χ2v) is 3.67. The van der Waals surface area contributed by atoms with Crippen LogP contribution in [0.1, 0.15) is 34.6 Å². The SMILES string of the molecule is CC(C)=COCC(C)OC=C(C)C. The Morgan fingerprint density at radius 2 is 1.62 bits per heavy atom. The van der Waals surface area contributed by atoms with Gasteiger partial charge < -0.3 is 9.47 Å². The van der Waals surface area contributed by atoms with Crippen LogP contribution in [0.3, 0.4) is 0 Å². The first kappa shape index (κ1) is 12.1. The molecule has 76 valence electrons. The lowest BCUT2D eigenvalue weighted by Crippen LogP contribution is -2.11. The molecule has 0 aliphatic heterocycles. The summed E-state index contributed by atoms with van der Waals surface area (Å²) in [4.78, 5) is 0. The summed E-state index contributed by atoms with van der Waals surface area (Å²) in [6.45, 7) is 10.6. The summed E-state index contributed by atoms with van der Waals surface area (Å²) < 4.78 is 10.6. The average Bonchev–Trinajstić information content (AvgIpc) is 2.00. The maximum absolute atomic E-state index is 5.37. The van der Waals surface area contributed by atoms with Crippen molar-refractivity contribution in [2.75, 3.05) is 6.61 Å². The lowest BCUT2D eigenvalue weighted by atomic mass is 10.4. The van der Waals surface area contributed by atoms with E-state index in [4.69, 9.17) is 9.47 Å². The van der Waals surface area contributed by atoms with Gasteiger partial charge >= 0.3 is 0 Å². The van der Waals surface area contributed by atoms with Crippen molar-refractivity contribution in [2.45, 2.75) is 40.7 Å². The maximum atomic E-state index is 5.37. The minimum Gasteiger partial charge on any atom is -0.497 e. The predicted octanol–water partition coefficient (Wildman–Crippen LogP) is 3.26. The van der Waals surface area contributed by atoms with Gasteiger partial charge in [0, 0.05) is 0 Å². The molecular weight excluding hydrogens is 164 g/mol. The van der Waals surface area contributed by atoms with E-state index in [1.54, 1.807) is 12.5 Å². The fraction of sp³-hybridized carbons (Fsp3) is 0.636. The Morgan fingerprint density at radius 1 is 1.08 bits per heavy atom. The summed E-state index contributed by atoms with van der Waals surface area (Å²) in [5, 5.41) is 0. The van der Waals surface area contributed by atoms with Gasteiger partial charge in [0.15, 0.2) is 0 Å². The second kappa shape index (κ2) is 6.58. The molecule has 0 aromatic heterocycles. The number of hydrogen-bond acceptors (Lipinski definition) is 2. The monoisotopic (exact) mass is 184 g/mol. The molecule has 0 N–H and O–H groups in total. The first-order valence-corrected chi connectivity index (χ1v) is 4.56. The smallest absolute Gasteiger partial charge is 0.129 e. The van der Waals surface area contributed by atoms with Gasteiger partial charge in [-0.05, 0) is 45.8 Å². The van der Waals surface area contributed by atoms with Crippen LogP contribution in [0.25, 0.3) is 0 Å². The number of hydrogen-bond donors (Lipinski definition) is 0. The highest BCUT2D eigenvalue weighted by Gasteiger charge is 1.98. The van der Waals surface area contributed by atoms with E-state index in [9.17, 15) is 0 Å². The van der Waals surface area contributed by atoms with Gasteiger partial charge in [-0.25, -0.2) is 0 Å². The van der Waals surface area contributed by atoms with Gasteiger partial charge in [0.2, 0.25) is 0 Å². The Morgan fingerprint density at radius 3 is 2.08 bits per heavy atom. The van der Waals surface area contributed by atoms with Crippen LogP contribution in [0.5, 0.6) is 0 Å². The van der Waals surface area contributed by atoms with Crippen molar-refractivity contribution in [3.05, 3.63) is 23.7 Å². The fourth-order valence-corrected chi connectivity index (χ4v) is 0.642. The predicted molar refractivity (Wildman–Crippen MR) is 55.4 cm³/mol. The highest BCUT2D eigenvalue weighted by molar-refractivity contribution is 4.88. The minimum atomic E-state index is 0.102. The Hall–Kier alpha value is -0.920. The summed E-state index contributed by atoms with van der Waals surface area (Å²) >= 11 is 0. The molecule has 0 amide bonds. The molecule has 1 unspecified atom stereocenters. The van der Waals surface area contributed by atoms with E-state index < -0.39 is 0 Å². The quantitative estimate of drug-likeness (QED) is 0.610. The van der Waals surface area contributed by atoms with Gasteiger partial charge in [0.25, 0.3) is 0 Å². The van der Waals surface area contributed by atoms with Gasteiger partial charge in [-0.15, -0.1) is 0 Å². The van der Waals surface area contributed by atoms with Crippen LogP contribution in [-0.2, 0) is 9.47 Å². The molecule has 0 fully saturated rings. The first-order chi connectivity index (χ1) is 6.02.